The van der Waals surface area contributed by atoms with Gasteiger partial charge in [-0.3, -0.25) is 9.97 Å². The second kappa shape index (κ2) is 13.2. The van der Waals surface area contributed by atoms with E-state index < -0.39 is 0 Å². The molecule has 4 aromatic heterocycles. The van der Waals surface area contributed by atoms with E-state index in [4.69, 9.17) is 4.98 Å². The molecule has 0 aliphatic heterocycles. The molecule has 7 aromatic carbocycles. The van der Waals surface area contributed by atoms with Gasteiger partial charge in [-0.25, -0.2) is 9.97 Å². The van der Waals surface area contributed by atoms with E-state index in [2.05, 4.69) is 165 Å². The second-order valence-electron chi connectivity index (χ2n) is 14.0. The highest BCUT2D eigenvalue weighted by molar-refractivity contribution is 7.26. The van der Waals surface area contributed by atoms with Gasteiger partial charge in [0.15, 0.2) is 0 Å². The largest absolute Gasteiger partial charge is 0.310 e. The van der Waals surface area contributed by atoms with Crippen LogP contribution in [-0.4, -0.2) is 19.9 Å². The highest BCUT2D eigenvalue weighted by Gasteiger charge is 2.16. The van der Waals surface area contributed by atoms with Crippen LogP contribution in [0, 0.1) is 0 Å². The molecule has 0 N–H and O–H groups in total. The summed E-state index contributed by atoms with van der Waals surface area (Å²) in [4.78, 5) is 20.5. The molecule has 0 aliphatic carbocycles. The molecular weight excluding hydrogens is 703 g/mol. The number of aromatic nitrogens is 4. The average Bonchev–Trinajstić information content (AvgIpc) is 3.66. The molecule has 56 heavy (non-hydrogen) atoms. The van der Waals surface area contributed by atoms with Crippen molar-refractivity contribution in [2.24, 2.45) is 0 Å². The van der Waals surface area contributed by atoms with Crippen molar-refractivity contribution in [3.63, 3.8) is 0 Å². The lowest BCUT2D eigenvalue weighted by atomic mass is 10.0. The van der Waals surface area contributed by atoms with Crippen LogP contribution in [0.5, 0.6) is 0 Å². The number of anilines is 3. The van der Waals surface area contributed by atoms with E-state index in [0.717, 1.165) is 82.3 Å². The maximum Gasteiger partial charge on any atom is 0.116 e. The molecule has 0 aliphatic rings. The van der Waals surface area contributed by atoms with Crippen LogP contribution < -0.4 is 4.90 Å². The maximum atomic E-state index is 4.78. The third-order valence-corrected chi connectivity index (χ3v) is 11.9. The van der Waals surface area contributed by atoms with Gasteiger partial charge in [-0.05, 0) is 117 Å². The Kier molecular flexibility index (Phi) is 7.60. The summed E-state index contributed by atoms with van der Waals surface area (Å²) >= 11 is 1.75. The van der Waals surface area contributed by atoms with Crippen molar-refractivity contribution in [1.29, 1.82) is 0 Å². The fourth-order valence-corrected chi connectivity index (χ4v) is 9.00. The number of fused-ring (bicyclic) bond motifs is 6. The molecule has 0 spiro atoms. The zero-order valence-electron chi connectivity index (χ0n) is 30.0. The normalized spacial score (nSPS) is 11.6. The minimum atomic E-state index is 0.967. The zero-order valence-corrected chi connectivity index (χ0v) is 30.9. The maximum absolute atomic E-state index is 4.78. The van der Waals surface area contributed by atoms with E-state index in [9.17, 15) is 0 Å². The van der Waals surface area contributed by atoms with Crippen LogP contribution in [0.2, 0.25) is 0 Å². The fraction of sp³-hybridized carbons (Fsp3) is 0. The summed E-state index contributed by atoms with van der Waals surface area (Å²) in [5.74, 6) is 0. The van der Waals surface area contributed by atoms with E-state index in [1.165, 1.54) is 20.9 Å². The van der Waals surface area contributed by atoms with Crippen LogP contribution in [0.15, 0.2) is 189 Å². The lowest BCUT2D eigenvalue weighted by Crippen LogP contribution is -2.09. The Morgan fingerprint density at radius 3 is 1.62 bits per heavy atom. The van der Waals surface area contributed by atoms with Crippen molar-refractivity contribution in [3.05, 3.63) is 189 Å². The number of nitrogens with zero attached hydrogens (tertiary/aromatic N) is 5. The SMILES string of the molecule is c1ccc2c(c1)sc1c(-c3ccc4cc(N(c5ccc(-c6ccc7ccncc7c6)cc5)c5ccc(-c6ccc7ccncc7c6)cc5)ccc4c3)ncnc12. The van der Waals surface area contributed by atoms with Crippen LogP contribution in [0.25, 0.3) is 86.1 Å². The summed E-state index contributed by atoms with van der Waals surface area (Å²) < 4.78 is 2.34. The third kappa shape index (κ3) is 5.63. The highest BCUT2D eigenvalue weighted by atomic mass is 32.1. The van der Waals surface area contributed by atoms with Crippen LogP contribution in [-0.2, 0) is 0 Å². The predicted molar refractivity (Wildman–Crippen MR) is 234 cm³/mol. The van der Waals surface area contributed by atoms with Crippen LogP contribution >= 0.6 is 11.3 Å². The highest BCUT2D eigenvalue weighted by Crippen LogP contribution is 2.41. The van der Waals surface area contributed by atoms with E-state index >= 15 is 0 Å². The van der Waals surface area contributed by atoms with Gasteiger partial charge in [0.25, 0.3) is 0 Å². The minimum absolute atomic E-state index is 0.967. The molecule has 0 atom stereocenters. The van der Waals surface area contributed by atoms with Gasteiger partial charge in [-0.2, -0.15) is 0 Å². The molecule has 6 heteroatoms. The Labute approximate surface area is 326 Å². The van der Waals surface area contributed by atoms with Crippen molar-refractivity contribution in [2.45, 2.75) is 0 Å². The first-order valence-electron chi connectivity index (χ1n) is 18.6. The standard InChI is InChI=1S/C50H31N5S/c1-2-4-47-46(3-1)49-50(56-47)48(53-31-54-49)40-10-9-39-28-45(20-15-38(39)25-40)55(43-16-11-32(12-17-43)36-7-5-34-21-23-51-29-41(34)26-36)44-18-13-33(14-19-44)37-8-6-35-22-24-52-30-42(35)27-37/h1-31H. The van der Waals surface area contributed by atoms with Crippen molar-refractivity contribution in [1.82, 2.24) is 19.9 Å². The molecule has 0 amide bonds. The third-order valence-electron chi connectivity index (χ3n) is 10.7. The van der Waals surface area contributed by atoms with E-state index in [0.29, 0.717) is 0 Å². The van der Waals surface area contributed by atoms with Gasteiger partial charge in [0.05, 0.1) is 15.9 Å². The first kappa shape index (κ1) is 32.2. The first-order valence-corrected chi connectivity index (χ1v) is 19.4. The van der Waals surface area contributed by atoms with Crippen molar-refractivity contribution < 1.29 is 0 Å². The summed E-state index contributed by atoms with van der Waals surface area (Å²) in [6, 6.07) is 56.7. The summed E-state index contributed by atoms with van der Waals surface area (Å²) in [6.07, 6.45) is 9.21. The number of pyridine rings is 2. The van der Waals surface area contributed by atoms with Gasteiger partial charge in [-0.15, -0.1) is 11.3 Å². The lowest BCUT2D eigenvalue weighted by Gasteiger charge is -2.26. The van der Waals surface area contributed by atoms with Gasteiger partial charge in [0.2, 0.25) is 0 Å². The molecule has 0 bridgehead atoms. The van der Waals surface area contributed by atoms with Crippen molar-refractivity contribution in [3.8, 4) is 33.5 Å². The molecule has 0 saturated heterocycles. The molecule has 0 saturated carbocycles. The smallest absolute Gasteiger partial charge is 0.116 e. The van der Waals surface area contributed by atoms with Crippen molar-refractivity contribution >= 4 is 81.0 Å². The van der Waals surface area contributed by atoms with Gasteiger partial charge >= 0.3 is 0 Å². The molecule has 11 rings (SSSR count). The molecular formula is C50H31N5S. The lowest BCUT2D eigenvalue weighted by molar-refractivity contribution is 1.24. The summed E-state index contributed by atoms with van der Waals surface area (Å²) in [7, 11) is 0. The number of rotatable bonds is 6. The Hall–Kier alpha value is -7.28. The summed E-state index contributed by atoms with van der Waals surface area (Å²) in [5, 5.41) is 8.11. The van der Waals surface area contributed by atoms with Gasteiger partial charge in [0, 0.05) is 68.3 Å². The van der Waals surface area contributed by atoms with E-state index in [1.807, 2.05) is 36.9 Å². The molecule has 0 radical (unpaired) electrons. The minimum Gasteiger partial charge on any atom is -0.310 e. The first-order chi connectivity index (χ1) is 27.7. The van der Waals surface area contributed by atoms with E-state index in [1.54, 1.807) is 17.7 Å². The average molecular weight is 734 g/mol. The van der Waals surface area contributed by atoms with Gasteiger partial charge in [0.1, 0.15) is 6.33 Å². The van der Waals surface area contributed by atoms with Crippen LogP contribution in [0.4, 0.5) is 17.1 Å². The van der Waals surface area contributed by atoms with Gasteiger partial charge in [-0.1, -0.05) is 84.9 Å². The van der Waals surface area contributed by atoms with Crippen LogP contribution in [0.3, 0.4) is 0 Å². The number of benzene rings is 7. The van der Waals surface area contributed by atoms with E-state index in [-0.39, 0.29) is 0 Å². The molecule has 5 nitrogen and oxygen atoms in total. The van der Waals surface area contributed by atoms with Crippen molar-refractivity contribution in [2.75, 3.05) is 4.90 Å². The quantitative estimate of drug-likeness (QED) is 0.170. The Balaban J connectivity index is 0.987. The molecule has 11 aromatic rings. The Morgan fingerprint density at radius 1 is 0.411 bits per heavy atom. The molecule has 4 heterocycles. The zero-order chi connectivity index (χ0) is 37.0. The molecule has 0 unspecified atom stereocenters. The summed E-state index contributed by atoms with van der Waals surface area (Å²) in [5.41, 5.74) is 10.9. The molecule has 0 fully saturated rings. The fourth-order valence-electron chi connectivity index (χ4n) is 7.83. The summed E-state index contributed by atoms with van der Waals surface area (Å²) in [6.45, 7) is 0. The van der Waals surface area contributed by atoms with Crippen LogP contribution in [0.1, 0.15) is 0 Å². The molecule has 262 valence electrons. The predicted octanol–water partition coefficient (Wildman–Crippen LogP) is 13.6. The topological polar surface area (TPSA) is 54.8 Å². The number of thiophene rings is 1. The van der Waals surface area contributed by atoms with Gasteiger partial charge < -0.3 is 4.90 Å². The number of hydrogen-bond donors (Lipinski definition) is 0. The number of hydrogen-bond acceptors (Lipinski definition) is 6. The Morgan fingerprint density at radius 2 is 0.946 bits per heavy atom. The monoisotopic (exact) mass is 733 g/mol. The Bertz CT molecular complexity index is 3140. The second-order valence-corrected chi connectivity index (χ2v) is 15.1.